The number of likely N-dealkylation sites (N-methyl/N-ethyl adjacent to an activating group) is 4. The van der Waals surface area contributed by atoms with Crippen molar-refractivity contribution in [3.63, 3.8) is 0 Å². The Kier molecular flexibility index (Phi) is 30.1. The zero-order chi connectivity index (χ0) is 65.7. The van der Waals surface area contributed by atoms with Gasteiger partial charge in [-0.15, -0.1) is 0 Å². The number of ether oxygens (including phenoxy) is 6. The molecule has 0 heterocycles. The third-order valence-corrected chi connectivity index (χ3v) is 13.7. The standard InChI is InChI=1S/C36H52N4O8.C26H36N4O4.C2HF3O2/c1-35(2,3)47-33(43)38(7)19-21-40(22-20-39(8)34(44)48-36(4,5)6)31(41)17-23-45-24-18-37-32(42)46-25-30-28-15-11-9-13-26(28)27-14-10-12-16-29(27)30;1-27-12-15-30(16-13-28-2)25(31)11-17-33-18-14-29-26(32)34-19-24-22-9-5-3-7-20(22)21-8-4-6-10-23(21)24;3-2(4,5)1(6)7/h9-16,30H,17-25H2,1-8H3,(H,37,42);3-10,24,27-28H,11-19H2,1-2H3,(H,29,32);(H,6,7). The van der Waals surface area contributed by atoms with Gasteiger partial charge in [0.1, 0.15) is 24.4 Å². The van der Waals surface area contributed by atoms with Crippen LogP contribution in [0.5, 0.6) is 0 Å². The lowest BCUT2D eigenvalue weighted by Crippen LogP contribution is -2.45. The molecule has 6 amide bonds. The summed E-state index contributed by atoms with van der Waals surface area (Å²) in [5.74, 6) is -2.88. The first-order valence-electron chi connectivity index (χ1n) is 29.5. The van der Waals surface area contributed by atoms with Crippen molar-refractivity contribution in [1.82, 2.24) is 40.9 Å². The van der Waals surface area contributed by atoms with Gasteiger partial charge < -0.3 is 74.4 Å². The SMILES string of the molecule is CN(CCN(CCN(C)C(=O)OC(C)(C)C)C(=O)CCOCCNC(=O)OCC1c2ccccc2-c2ccccc21)C(=O)OC(C)(C)C.CNCCN(CCNC)C(=O)CCOCCNC(=O)OCC1c2ccccc2-c2ccccc21.O=C(O)C(F)(F)F. The van der Waals surface area contributed by atoms with Gasteiger partial charge in [-0.1, -0.05) is 97.1 Å². The minimum Gasteiger partial charge on any atom is -0.475 e. The molecule has 5 N–H and O–H groups in total. The van der Waals surface area contributed by atoms with E-state index in [0.29, 0.717) is 39.3 Å². The Labute approximate surface area is 520 Å². The largest absolute Gasteiger partial charge is 0.490 e. The summed E-state index contributed by atoms with van der Waals surface area (Å²) in [6.45, 7) is 16.5. The molecule has 0 unspecified atom stereocenters. The summed E-state index contributed by atoms with van der Waals surface area (Å²) in [5.41, 5.74) is 8.08. The van der Waals surface area contributed by atoms with Gasteiger partial charge in [0.25, 0.3) is 0 Å². The highest BCUT2D eigenvalue weighted by atomic mass is 19.4. The molecule has 0 saturated heterocycles. The Morgan fingerprint density at radius 2 is 0.775 bits per heavy atom. The fourth-order valence-electron chi connectivity index (χ4n) is 9.21. The lowest BCUT2D eigenvalue weighted by Gasteiger charge is -2.30. The molecule has 4 aromatic rings. The number of carbonyl (C=O) groups is 7. The molecule has 0 saturated carbocycles. The maximum atomic E-state index is 13.2. The monoisotopic (exact) mass is 1250 g/mol. The van der Waals surface area contributed by atoms with E-state index in [1.165, 1.54) is 32.1 Å². The number of nitrogens with zero attached hydrogens (tertiary/aromatic N) is 4. The average Bonchev–Trinajstić information content (AvgIpc) is 1.69. The van der Waals surface area contributed by atoms with Crippen LogP contribution in [0.3, 0.4) is 0 Å². The summed E-state index contributed by atoms with van der Waals surface area (Å²) < 4.78 is 64.8. The van der Waals surface area contributed by atoms with Gasteiger partial charge in [0.15, 0.2) is 0 Å². The number of hydrogen-bond donors (Lipinski definition) is 5. The predicted octanol–water partition coefficient (Wildman–Crippen LogP) is 8.33. The molecule has 0 aliphatic heterocycles. The van der Waals surface area contributed by atoms with Gasteiger partial charge in [0.2, 0.25) is 11.8 Å². The van der Waals surface area contributed by atoms with E-state index < -0.39 is 47.7 Å². The van der Waals surface area contributed by atoms with E-state index in [1.54, 1.807) is 60.5 Å². The number of rotatable bonds is 28. The molecule has 89 heavy (non-hydrogen) atoms. The molecule has 0 spiro atoms. The molecule has 0 bridgehead atoms. The van der Waals surface area contributed by atoms with Crippen LogP contribution < -0.4 is 21.3 Å². The van der Waals surface area contributed by atoms with Crippen molar-refractivity contribution < 1.29 is 80.3 Å². The Balaban J connectivity index is 0.000000358. The summed E-state index contributed by atoms with van der Waals surface area (Å²) in [7, 11) is 6.95. The summed E-state index contributed by atoms with van der Waals surface area (Å²) in [4.78, 5) is 90.2. The lowest BCUT2D eigenvalue weighted by atomic mass is 9.98. The Hall–Kier alpha value is -8.00. The molecular weight excluding hydrogens is 1160 g/mol. The smallest absolute Gasteiger partial charge is 0.475 e. The fourth-order valence-corrected chi connectivity index (χ4v) is 9.21. The first-order valence-corrected chi connectivity index (χ1v) is 29.5. The number of alkyl halides is 3. The summed E-state index contributed by atoms with van der Waals surface area (Å²) in [5, 5.41) is 18.7. The van der Waals surface area contributed by atoms with Crippen molar-refractivity contribution in [1.29, 1.82) is 0 Å². The second-order valence-corrected chi connectivity index (χ2v) is 22.8. The predicted molar refractivity (Wildman–Crippen MR) is 329 cm³/mol. The average molecular weight is 1250 g/mol. The second-order valence-electron chi connectivity index (χ2n) is 22.8. The quantitative estimate of drug-likeness (QED) is 0.0265. The van der Waals surface area contributed by atoms with E-state index in [-0.39, 0.29) is 89.2 Å². The zero-order valence-corrected chi connectivity index (χ0v) is 52.8. The number of amides is 6. The number of carboxylic acid groups (broad SMARTS) is 1. The van der Waals surface area contributed by atoms with Crippen molar-refractivity contribution in [2.75, 3.05) is 133 Å². The number of halogens is 3. The third kappa shape index (κ3) is 25.6. The van der Waals surface area contributed by atoms with Crippen molar-refractivity contribution in [3.8, 4) is 22.3 Å². The number of alkyl carbamates (subject to hydrolysis) is 2. The van der Waals surface area contributed by atoms with Crippen LogP contribution in [-0.2, 0) is 42.8 Å². The molecular formula is C64H89F3N8O14. The van der Waals surface area contributed by atoms with Crippen molar-refractivity contribution >= 4 is 42.2 Å². The van der Waals surface area contributed by atoms with E-state index in [2.05, 4.69) is 69.8 Å². The Bertz CT molecular complexity index is 2780. The number of fused-ring (bicyclic) bond motifs is 6. The van der Waals surface area contributed by atoms with Crippen LogP contribution in [-0.4, -0.2) is 218 Å². The molecule has 490 valence electrons. The minimum atomic E-state index is -5.08. The minimum absolute atomic E-state index is 0.0267. The molecule has 6 rings (SSSR count). The Morgan fingerprint density at radius 3 is 1.07 bits per heavy atom. The van der Waals surface area contributed by atoms with Gasteiger partial charge in [-0.25, -0.2) is 24.0 Å². The van der Waals surface area contributed by atoms with Gasteiger partial charge in [-0.2, -0.15) is 13.2 Å². The van der Waals surface area contributed by atoms with Gasteiger partial charge in [0.05, 0.1) is 39.3 Å². The molecule has 2 aliphatic carbocycles. The van der Waals surface area contributed by atoms with Crippen LogP contribution in [0.2, 0.25) is 0 Å². The molecule has 22 nitrogen and oxygen atoms in total. The van der Waals surface area contributed by atoms with Crippen LogP contribution in [0.25, 0.3) is 22.3 Å². The first kappa shape index (κ1) is 73.5. The molecule has 0 aromatic heterocycles. The van der Waals surface area contributed by atoms with Crippen LogP contribution in [0.4, 0.5) is 32.3 Å². The van der Waals surface area contributed by atoms with Crippen LogP contribution in [0.1, 0.15) is 88.5 Å². The van der Waals surface area contributed by atoms with Crippen molar-refractivity contribution in [2.45, 2.75) is 83.6 Å². The molecule has 25 heteroatoms. The summed E-state index contributed by atoms with van der Waals surface area (Å²) >= 11 is 0. The molecule has 2 aliphatic rings. The van der Waals surface area contributed by atoms with E-state index in [0.717, 1.165) is 35.3 Å². The van der Waals surface area contributed by atoms with Crippen LogP contribution in [0.15, 0.2) is 97.1 Å². The maximum Gasteiger partial charge on any atom is 0.490 e. The normalized spacial score (nSPS) is 12.2. The Morgan fingerprint density at radius 1 is 0.472 bits per heavy atom. The third-order valence-electron chi connectivity index (χ3n) is 13.7. The van der Waals surface area contributed by atoms with Gasteiger partial charge in [0, 0.05) is 91.4 Å². The van der Waals surface area contributed by atoms with Crippen molar-refractivity contribution in [2.24, 2.45) is 0 Å². The number of carbonyl (C=O) groups excluding carboxylic acids is 6. The number of carboxylic acids is 1. The number of nitrogens with one attached hydrogen (secondary N) is 4. The second kappa shape index (κ2) is 36.5. The highest BCUT2D eigenvalue weighted by Crippen LogP contribution is 2.45. The van der Waals surface area contributed by atoms with Gasteiger partial charge >= 0.3 is 36.5 Å². The summed E-state index contributed by atoms with van der Waals surface area (Å²) in [6, 6.07) is 32.8. The molecule has 0 radical (unpaired) electrons. The van der Waals surface area contributed by atoms with Gasteiger partial charge in [-0.05, 0) is 100 Å². The highest BCUT2D eigenvalue weighted by molar-refractivity contribution is 5.81. The van der Waals surface area contributed by atoms with E-state index >= 15 is 0 Å². The number of hydrogen-bond acceptors (Lipinski definition) is 15. The highest BCUT2D eigenvalue weighted by Gasteiger charge is 2.38. The van der Waals surface area contributed by atoms with Gasteiger partial charge in [-0.3, -0.25) is 9.59 Å². The molecule has 4 aromatic carbocycles. The summed E-state index contributed by atoms with van der Waals surface area (Å²) in [6.07, 6.45) is -6.67. The first-order chi connectivity index (χ1) is 42.1. The van der Waals surface area contributed by atoms with Crippen LogP contribution >= 0.6 is 0 Å². The zero-order valence-electron chi connectivity index (χ0n) is 52.8. The van der Waals surface area contributed by atoms with E-state index in [9.17, 15) is 41.9 Å². The lowest BCUT2D eigenvalue weighted by molar-refractivity contribution is -0.192. The van der Waals surface area contributed by atoms with E-state index in [4.69, 9.17) is 38.3 Å². The topological polar surface area (TPSA) is 256 Å². The van der Waals surface area contributed by atoms with Crippen LogP contribution in [0, 0.1) is 0 Å². The fraction of sp³-hybridized carbons (Fsp3) is 0.516. The molecule has 0 fully saturated rings. The molecule has 0 atom stereocenters. The number of aliphatic carboxylic acids is 1. The van der Waals surface area contributed by atoms with E-state index in [1.807, 2.05) is 67.5 Å². The maximum absolute atomic E-state index is 13.2. The van der Waals surface area contributed by atoms with Crippen molar-refractivity contribution in [3.05, 3.63) is 119 Å². The number of benzene rings is 4.